The van der Waals surface area contributed by atoms with E-state index in [9.17, 15) is 8.42 Å². The fourth-order valence-corrected chi connectivity index (χ4v) is 6.49. The third-order valence-electron chi connectivity index (χ3n) is 5.11. The zero-order valence-corrected chi connectivity index (χ0v) is 20.6. The van der Waals surface area contributed by atoms with Crippen LogP contribution in [0.5, 0.6) is 11.5 Å². The topological polar surface area (TPSA) is 67.9 Å². The van der Waals surface area contributed by atoms with Crippen molar-refractivity contribution in [3.63, 3.8) is 0 Å². The Morgan fingerprint density at radius 1 is 1.09 bits per heavy atom. The van der Waals surface area contributed by atoms with Gasteiger partial charge in [-0.3, -0.25) is 4.72 Å². The lowest BCUT2D eigenvalue weighted by atomic mass is 10.2. The van der Waals surface area contributed by atoms with Crippen molar-refractivity contribution in [1.82, 2.24) is 4.90 Å². The molecule has 1 saturated heterocycles. The third-order valence-corrected chi connectivity index (χ3v) is 8.87. The van der Waals surface area contributed by atoms with Crippen molar-refractivity contribution < 1.29 is 17.9 Å². The first-order valence-corrected chi connectivity index (χ1v) is 12.9. The molecule has 1 atom stereocenters. The van der Waals surface area contributed by atoms with E-state index in [-0.39, 0.29) is 10.3 Å². The number of likely N-dealkylation sites (tertiary alicyclic amines) is 1. The first kappa shape index (κ1) is 23.2. The van der Waals surface area contributed by atoms with Gasteiger partial charge >= 0.3 is 0 Å². The minimum Gasteiger partial charge on any atom is -0.497 e. The summed E-state index contributed by atoms with van der Waals surface area (Å²) in [6.07, 6.45) is 0.914. The summed E-state index contributed by atoms with van der Waals surface area (Å²) < 4.78 is 39.9. The molecule has 2 heterocycles. The second kappa shape index (κ2) is 9.49. The summed E-state index contributed by atoms with van der Waals surface area (Å²) in [5.41, 5.74) is 1.18. The Labute approximate surface area is 201 Å². The maximum Gasteiger partial charge on any atom is 0.271 e. The van der Waals surface area contributed by atoms with Crippen molar-refractivity contribution in [3.05, 3.63) is 58.6 Å². The van der Waals surface area contributed by atoms with E-state index in [1.54, 1.807) is 37.4 Å². The average molecular weight is 513 g/mol. The highest BCUT2D eigenvalue weighted by molar-refractivity contribution is 7.94. The second-order valence-electron chi connectivity index (χ2n) is 7.51. The lowest BCUT2D eigenvalue weighted by molar-refractivity contribution is 0.208. The van der Waals surface area contributed by atoms with Gasteiger partial charge in [-0.15, -0.1) is 11.3 Å². The molecule has 10 heteroatoms. The maximum absolute atomic E-state index is 13.0. The summed E-state index contributed by atoms with van der Waals surface area (Å²) in [6, 6.07) is 13.6. The van der Waals surface area contributed by atoms with E-state index in [1.807, 2.05) is 19.2 Å². The second-order valence-corrected chi connectivity index (χ2v) is 11.3. The van der Waals surface area contributed by atoms with E-state index in [4.69, 9.17) is 32.7 Å². The molecule has 1 aliphatic rings. The van der Waals surface area contributed by atoms with E-state index in [2.05, 4.69) is 9.62 Å². The van der Waals surface area contributed by atoms with Crippen molar-refractivity contribution in [2.75, 3.05) is 32.0 Å². The first-order valence-electron chi connectivity index (χ1n) is 9.86. The molecule has 32 heavy (non-hydrogen) atoms. The summed E-state index contributed by atoms with van der Waals surface area (Å²) in [6.45, 7) is 1.75. The highest BCUT2D eigenvalue weighted by Crippen LogP contribution is 2.39. The number of likely N-dealkylation sites (N-methyl/N-ethyl adjacent to an activating group) is 1. The van der Waals surface area contributed by atoms with Crippen molar-refractivity contribution >= 4 is 50.2 Å². The molecule has 2 aromatic carbocycles. The number of anilines is 1. The molecular weight excluding hydrogens is 491 g/mol. The Hall–Kier alpha value is -1.97. The molecule has 0 spiro atoms. The van der Waals surface area contributed by atoms with Crippen LogP contribution in [0, 0.1) is 0 Å². The van der Waals surface area contributed by atoms with Crippen LogP contribution in [0.4, 0.5) is 5.69 Å². The van der Waals surface area contributed by atoms with Gasteiger partial charge in [0.2, 0.25) is 0 Å². The van der Waals surface area contributed by atoms with E-state index >= 15 is 0 Å². The standard InChI is InChI=1S/C22H22Cl2N2O4S2/c1-26-10-9-17(13-26)30-20-11-15(5-8-18(20)23)25-32(27,28)21-12-19(24)22(31-21)14-3-6-16(29-2)7-4-14/h3-8,11-12,17,25H,9-10,13H2,1-2H3/t17-/m1/s1. The monoisotopic (exact) mass is 512 g/mol. The van der Waals surface area contributed by atoms with Gasteiger partial charge in [-0.05, 0) is 61.5 Å². The number of benzene rings is 2. The number of nitrogens with one attached hydrogen (secondary N) is 1. The molecule has 1 aromatic heterocycles. The summed E-state index contributed by atoms with van der Waals surface area (Å²) in [4.78, 5) is 2.84. The van der Waals surface area contributed by atoms with Gasteiger partial charge in [0.15, 0.2) is 0 Å². The molecule has 1 aliphatic heterocycles. The van der Waals surface area contributed by atoms with Crippen molar-refractivity contribution in [2.24, 2.45) is 0 Å². The summed E-state index contributed by atoms with van der Waals surface area (Å²) in [5, 5.41) is 0.800. The number of sulfonamides is 1. The highest BCUT2D eigenvalue weighted by atomic mass is 35.5. The molecular formula is C22H22Cl2N2O4S2. The van der Waals surface area contributed by atoms with Gasteiger partial charge in [-0.25, -0.2) is 8.42 Å². The van der Waals surface area contributed by atoms with Crippen LogP contribution < -0.4 is 14.2 Å². The molecule has 0 bridgehead atoms. The van der Waals surface area contributed by atoms with Crippen LogP contribution in [0.25, 0.3) is 10.4 Å². The smallest absolute Gasteiger partial charge is 0.271 e. The number of hydrogen-bond acceptors (Lipinski definition) is 6. The number of hydrogen-bond donors (Lipinski definition) is 1. The Balaban J connectivity index is 1.55. The maximum atomic E-state index is 13.0. The largest absolute Gasteiger partial charge is 0.497 e. The van der Waals surface area contributed by atoms with Crippen molar-refractivity contribution in [2.45, 2.75) is 16.7 Å². The number of ether oxygens (including phenoxy) is 2. The fourth-order valence-electron chi connectivity index (χ4n) is 3.45. The normalized spacial score (nSPS) is 16.8. The highest BCUT2D eigenvalue weighted by Gasteiger charge is 2.24. The molecule has 0 unspecified atom stereocenters. The zero-order chi connectivity index (χ0) is 22.9. The Morgan fingerprint density at radius 3 is 2.50 bits per heavy atom. The Morgan fingerprint density at radius 2 is 1.84 bits per heavy atom. The molecule has 170 valence electrons. The summed E-state index contributed by atoms with van der Waals surface area (Å²) in [7, 11) is -0.233. The van der Waals surface area contributed by atoms with Crippen LogP contribution in [0.15, 0.2) is 52.7 Å². The number of rotatable bonds is 7. The SMILES string of the molecule is COc1ccc(-c2sc(S(=O)(=O)Nc3ccc(Cl)c(O[C@@H]4CCN(C)C4)c3)cc2Cl)cc1. The fraction of sp³-hybridized carbons (Fsp3) is 0.273. The Kier molecular flexibility index (Phi) is 6.88. The Bertz CT molecular complexity index is 1210. The van der Waals surface area contributed by atoms with Crippen LogP contribution in [-0.2, 0) is 10.0 Å². The van der Waals surface area contributed by atoms with Crippen LogP contribution in [0.1, 0.15) is 6.42 Å². The molecule has 3 aromatic rings. The van der Waals surface area contributed by atoms with Crippen LogP contribution in [-0.4, -0.2) is 46.7 Å². The number of methoxy groups -OCH3 is 1. The minimum absolute atomic E-state index is 0.0208. The van der Waals surface area contributed by atoms with Crippen LogP contribution >= 0.6 is 34.5 Å². The van der Waals surface area contributed by atoms with Gasteiger partial charge in [-0.2, -0.15) is 0 Å². The zero-order valence-electron chi connectivity index (χ0n) is 17.5. The quantitative estimate of drug-likeness (QED) is 0.445. The van der Waals surface area contributed by atoms with Gasteiger partial charge in [0.05, 0.1) is 27.7 Å². The predicted octanol–water partition coefficient (Wildman–Crippen LogP) is 5.61. The van der Waals surface area contributed by atoms with Crippen molar-refractivity contribution in [3.8, 4) is 21.9 Å². The van der Waals surface area contributed by atoms with Crippen LogP contribution in [0.2, 0.25) is 10.0 Å². The third kappa shape index (κ3) is 5.15. The first-order chi connectivity index (χ1) is 15.2. The number of nitrogens with zero attached hydrogens (tertiary/aromatic N) is 1. The van der Waals surface area contributed by atoms with Gasteiger partial charge in [0.25, 0.3) is 10.0 Å². The summed E-state index contributed by atoms with van der Waals surface area (Å²) in [5.74, 6) is 1.16. The van der Waals surface area contributed by atoms with E-state index in [0.29, 0.717) is 32.1 Å². The van der Waals surface area contributed by atoms with E-state index in [0.717, 1.165) is 36.4 Å². The lowest BCUT2D eigenvalue weighted by Crippen LogP contribution is -2.21. The van der Waals surface area contributed by atoms with Gasteiger partial charge < -0.3 is 14.4 Å². The van der Waals surface area contributed by atoms with E-state index in [1.165, 1.54) is 6.07 Å². The van der Waals surface area contributed by atoms with Crippen molar-refractivity contribution in [1.29, 1.82) is 0 Å². The molecule has 6 nitrogen and oxygen atoms in total. The molecule has 4 rings (SSSR count). The van der Waals surface area contributed by atoms with Crippen LogP contribution in [0.3, 0.4) is 0 Å². The van der Waals surface area contributed by atoms with Gasteiger partial charge in [0, 0.05) is 19.2 Å². The lowest BCUT2D eigenvalue weighted by Gasteiger charge is -2.16. The molecule has 1 fully saturated rings. The van der Waals surface area contributed by atoms with Gasteiger partial charge in [-0.1, -0.05) is 23.2 Å². The summed E-state index contributed by atoms with van der Waals surface area (Å²) >= 11 is 13.7. The van der Waals surface area contributed by atoms with E-state index < -0.39 is 10.0 Å². The minimum atomic E-state index is -3.85. The average Bonchev–Trinajstić information content (AvgIpc) is 3.36. The predicted molar refractivity (Wildman–Crippen MR) is 130 cm³/mol. The molecule has 1 N–H and O–H groups in total. The molecule has 0 radical (unpaired) electrons. The molecule has 0 aliphatic carbocycles. The molecule has 0 amide bonds. The molecule has 0 saturated carbocycles. The van der Waals surface area contributed by atoms with Gasteiger partial charge in [0.1, 0.15) is 21.8 Å². The number of thiophene rings is 1. The number of halogens is 2.